The summed E-state index contributed by atoms with van der Waals surface area (Å²) in [5.41, 5.74) is 4.06. The normalized spacial score (nSPS) is 16.3. The summed E-state index contributed by atoms with van der Waals surface area (Å²) in [4.78, 5) is 26.0. The highest BCUT2D eigenvalue weighted by Crippen LogP contribution is 2.36. The molecule has 2 aromatic carbocycles. The molecule has 0 unspecified atom stereocenters. The number of nitrogens with zero attached hydrogens (tertiary/aromatic N) is 1. The molecule has 0 fully saturated rings. The lowest BCUT2D eigenvalue weighted by atomic mass is 10.1. The van der Waals surface area contributed by atoms with Crippen molar-refractivity contribution in [3.05, 3.63) is 65.2 Å². The van der Waals surface area contributed by atoms with E-state index in [2.05, 4.69) is 17.4 Å². The van der Waals surface area contributed by atoms with Crippen molar-refractivity contribution in [1.29, 1.82) is 0 Å². The molecule has 4 heteroatoms. The second-order valence-electron chi connectivity index (χ2n) is 5.92. The van der Waals surface area contributed by atoms with Crippen molar-refractivity contribution in [2.75, 3.05) is 11.4 Å². The minimum absolute atomic E-state index is 0.0586. The Kier molecular flexibility index (Phi) is 4.15. The standard InChI is InChI=1S/C19H20N2O2/c1-13-8-9-17-16(12-13)18(20-14(2)22)19(23)21(17)11-10-15-6-4-3-5-7-15/h3-9,12,18H,10-11H2,1-2H3,(H,20,22)/t18-/m0/s1. The summed E-state index contributed by atoms with van der Waals surface area (Å²) >= 11 is 0. The van der Waals surface area contributed by atoms with Crippen molar-refractivity contribution in [2.45, 2.75) is 26.3 Å². The zero-order valence-corrected chi connectivity index (χ0v) is 13.4. The van der Waals surface area contributed by atoms with E-state index in [4.69, 9.17) is 0 Å². The summed E-state index contributed by atoms with van der Waals surface area (Å²) in [5.74, 6) is -0.252. The lowest BCUT2D eigenvalue weighted by Gasteiger charge is -2.18. The molecule has 0 aliphatic carbocycles. The van der Waals surface area contributed by atoms with Gasteiger partial charge in [-0.15, -0.1) is 0 Å². The molecule has 1 aliphatic heterocycles. The molecule has 0 bridgehead atoms. The molecular formula is C19H20N2O2. The van der Waals surface area contributed by atoms with Crippen molar-refractivity contribution >= 4 is 17.5 Å². The van der Waals surface area contributed by atoms with Gasteiger partial charge in [0.05, 0.1) is 0 Å². The summed E-state index contributed by atoms with van der Waals surface area (Å²) < 4.78 is 0. The van der Waals surface area contributed by atoms with Gasteiger partial charge in [0.25, 0.3) is 5.91 Å². The first-order valence-corrected chi connectivity index (χ1v) is 7.79. The van der Waals surface area contributed by atoms with Gasteiger partial charge in [0.1, 0.15) is 6.04 Å². The zero-order chi connectivity index (χ0) is 16.4. The van der Waals surface area contributed by atoms with E-state index in [0.29, 0.717) is 6.54 Å². The van der Waals surface area contributed by atoms with E-state index < -0.39 is 6.04 Å². The fourth-order valence-corrected chi connectivity index (χ4v) is 3.02. The SMILES string of the molecule is CC(=O)N[C@@H]1C(=O)N(CCc2ccccc2)c2ccc(C)cc21. The molecule has 4 nitrogen and oxygen atoms in total. The van der Waals surface area contributed by atoms with Gasteiger partial charge in [0, 0.05) is 24.7 Å². The van der Waals surface area contributed by atoms with Crippen LogP contribution in [0, 0.1) is 6.92 Å². The Morgan fingerprint density at radius 2 is 1.91 bits per heavy atom. The van der Waals surface area contributed by atoms with Gasteiger partial charge in [0.15, 0.2) is 0 Å². The number of amides is 2. The Labute approximate surface area is 136 Å². The Bertz CT molecular complexity index is 740. The van der Waals surface area contributed by atoms with Gasteiger partial charge in [-0.3, -0.25) is 9.59 Å². The summed E-state index contributed by atoms with van der Waals surface area (Å²) in [6.45, 7) is 4.03. The third-order valence-electron chi connectivity index (χ3n) is 4.11. The number of carbonyl (C=O) groups excluding carboxylic acids is 2. The molecule has 0 aromatic heterocycles. The molecule has 0 spiro atoms. The monoisotopic (exact) mass is 308 g/mol. The van der Waals surface area contributed by atoms with Crippen molar-refractivity contribution in [3.8, 4) is 0 Å². The topological polar surface area (TPSA) is 49.4 Å². The van der Waals surface area contributed by atoms with E-state index in [1.54, 1.807) is 4.90 Å². The van der Waals surface area contributed by atoms with Crippen LogP contribution < -0.4 is 10.2 Å². The molecule has 1 N–H and O–H groups in total. The highest BCUT2D eigenvalue weighted by molar-refractivity contribution is 6.06. The zero-order valence-electron chi connectivity index (χ0n) is 13.4. The smallest absolute Gasteiger partial charge is 0.254 e. The fraction of sp³-hybridized carbons (Fsp3) is 0.263. The van der Waals surface area contributed by atoms with Gasteiger partial charge >= 0.3 is 0 Å². The van der Waals surface area contributed by atoms with E-state index >= 15 is 0 Å². The molecule has 3 rings (SSSR count). The quantitative estimate of drug-likeness (QED) is 0.944. The number of rotatable bonds is 4. The average Bonchev–Trinajstić information content (AvgIpc) is 2.78. The van der Waals surface area contributed by atoms with Crippen LogP contribution in [0.4, 0.5) is 5.69 Å². The maximum absolute atomic E-state index is 12.7. The lowest BCUT2D eigenvalue weighted by Crippen LogP contribution is -2.37. The Morgan fingerprint density at radius 1 is 1.17 bits per heavy atom. The number of fused-ring (bicyclic) bond motifs is 1. The van der Waals surface area contributed by atoms with Crippen molar-refractivity contribution in [2.24, 2.45) is 0 Å². The van der Waals surface area contributed by atoms with Gasteiger partial charge in [-0.25, -0.2) is 0 Å². The van der Waals surface area contributed by atoms with Crippen LogP contribution in [-0.2, 0) is 16.0 Å². The number of anilines is 1. The molecule has 1 atom stereocenters. The number of benzene rings is 2. The highest BCUT2D eigenvalue weighted by Gasteiger charge is 2.37. The third-order valence-corrected chi connectivity index (χ3v) is 4.11. The molecule has 118 valence electrons. The van der Waals surface area contributed by atoms with E-state index in [0.717, 1.165) is 23.2 Å². The van der Waals surface area contributed by atoms with Gasteiger partial charge in [-0.2, -0.15) is 0 Å². The highest BCUT2D eigenvalue weighted by atomic mass is 16.2. The Balaban J connectivity index is 1.86. The molecule has 23 heavy (non-hydrogen) atoms. The first-order chi connectivity index (χ1) is 11.1. The fourth-order valence-electron chi connectivity index (χ4n) is 3.02. The first-order valence-electron chi connectivity index (χ1n) is 7.79. The molecule has 2 aromatic rings. The molecule has 2 amide bonds. The van der Waals surface area contributed by atoms with Crippen LogP contribution in [0.25, 0.3) is 0 Å². The van der Waals surface area contributed by atoms with Crippen LogP contribution in [0.15, 0.2) is 48.5 Å². The summed E-state index contributed by atoms with van der Waals surface area (Å²) in [7, 11) is 0. The largest absolute Gasteiger partial charge is 0.341 e. The van der Waals surface area contributed by atoms with E-state index in [9.17, 15) is 9.59 Å². The maximum Gasteiger partial charge on any atom is 0.254 e. The van der Waals surface area contributed by atoms with Crippen LogP contribution >= 0.6 is 0 Å². The average molecular weight is 308 g/mol. The Hall–Kier alpha value is -2.62. The molecule has 1 aliphatic rings. The number of aryl methyl sites for hydroxylation is 1. The minimum Gasteiger partial charge on any atom is -0.341 e. The second kappa shape index (κ2) is 6.24. The number of carbonyl (C=O) groups is 2. The first kappa shape index (κ1) is 15.3. The molecule has 0 saturated heterocycles. The Morgan fingerprint density at radius 3 is 2.61 bits per heavy atom. The molecule has 1 heterocycles. The van der Waals surface area contributed by atoms with Crippen molar-refractivity contribution in [3.63, 3.8) is 0 Å². The van der Waals surface area contributed by atoms with Crippen LogP contribution in [0.2, 0.25) is 0 Å². The van der Waals surface area contributed by atoms with Gasteiger partial charge in [-0.1, -0.05) is 48.0 Å². The van der Waals surface area contributed by atoms with E-state index in [-0.39, 0.29) is 11.8 Å². The number of hydrogen-bond acceptors (Lipinski definition) is 2. The molecular weight excluding hydrogens is 288 g/mol. The van der Waals surface area contributed by atoms with Crippen LogP contribution in [0.1, 0.15) is 29.7 Å². The molecule has 0 saturated carbocycles. The summed E-state index contributed by atoms with van der Waals surface area (Å²) in [6.07, 6.45) is 0.784. The maximum atomic E-state index is 12.7. The predicted octanol–water partition coefficient (Wildman–Crippen LogP) is 2.76. The van der Waals surface area contributed by atoms with E-state index in [1.165, 1.54) is 12.5 Å². The van der Waals surface area contributed by atoms with E-state index in [1.807, 2.05) is 43.3 Å². The summed E-state index contributed by atoms with van der Waals surface area (Å²) in [6, 6.07) is 15.5. The van der Waals surface area contributed by atoms with Crippen LogP contribution in [0.3, 0.4) is 0 Å². The predicted molar refractivity (Wildman–Crippen MR) is 90.2 cm³/mol. The van der Waals surface area contributed by atoms with Gasteiger partial charge in [-0.05, 0) is 25.0 Å². The van der Waals surface area contributed by atoms with Crippen molar-refractivity contribution in [1.82, 2.24) is 5.32 Å². The number of nitrogens with one attached hydrogen (secondary N) is 1. The lowest BCUT2D eigenvalue weighted by molar-refractivity contribution is -0.126. The van der Waals surface area contributed by atoms with Crippen LogP contribution in [0.5, 0.6) is 0 Å². The van der Waals surface area contributed by atoms with Crippen LogP contribution in [-0.4, -0.2) is 18.4 Å². The van der Waals surface area contributed by atoms with Gasteiger partial charge in [0.2, 0.25) is 5.91 Å². The van der Waals surface area contributed by atoms with Crippen molar-refractivity contribution < 1.29 is 9.59 Å². The van der Waals surface area contributed by atoms with Gasteiger partial charge < -0.3 is 10.2 Å². The third kappa shape index (κ3) is 3.11. The number of hydrogen-bond donors (Lipinski definition) is 1. The minimum atomic E-state index is -0.571. The molecule has 0 radical (unpaired) electrons. The summed E-state index contributed by atoms with van der Waals surface area (Å²) in [5, 5.41) is 2.77. The second-order valence-corrected chi connectivity index (χ2v) is 5.92.